The summed E-state index contributed by atoms with van der Waals surface area (Å²) in [5.74, 6) is -0.787. The second-order valence-electron chi connectivity index (χ2n) is 3.34. The molecule has 0 aromatic rings. The number of rotatable bonds is 5. The number of carboxylic acid groups (broad SMARTS) is 1. The zero-order chi connectivity index (χ0) is 10.7. The largest absolute Gasteiger partial charge is 0.480 e. The fourth-order valence-corrected chi connectivity index (χ4v) is 0.771. The van der Waals surface area contributed by atoms with Gasteiger partial charge in [-0.15, -0.1) is 0 Å². The topological polar surface area (TPSA) is 40.5 Å². The Morgan fingerprint density at radius 3 is 1.62 bits per heavy atom. The van der Waals surface area contributed by atoms with Crippen LogP contribution in [0.25, 0.3) is 0 Å². The number of carboxylic acids is 1. The molecule has 0 saturated carbocycles. The Balaban J connectivity index is 0. The Labute approximate surface area is 81.7 Å². The second kappa shape index (κ2) is 11.4. The summed E-state index contributed by atoms with van der Waals surface area (Å²) in [6, 6.07) is 0. The van der Waals surface area contributed by atoms with Crippen LogP contribution in [0.3, 0.4) is 0 Å². The molecule has 0 amide bonds. The molecule has 0 heterocycles. The van der Waals surface area contributed by atoms with Crippen LogP contribution in [0.1, 0.15) is 39.5 Å². The molecule has 3 heteroatoms. The van der Waals surface area contributed by atoms with Gasteiger partial charge in [0.25, 0.3) is 0 Å². The maximum Gasteiger partial charge on any atom is 0.317 e. The number of likely N-dealkylation sites (N-methyl/N-ethyl adjacent to an activating group) is 1. The highest BCUT2D eigenvalue weighted by molar-refractivity contribution is 5.68. The standard InChI is InChI=1S/C6H14.C4H9NO2/c1-3-5-6-4-2;1-5(2)3-4(6)7/h3-6H2,1-2H3;3H2,1-2H3,(H,6,7). The molecule has 80 valence electrons. The van der Waals surface area contributed by atoms with Crippen molar-refractivity contribution >= 4 is 5.97 Å². The first-order valence-corrected chi connectivity index (χ1v) is 4.91. The van der Waals surface area contributed by atoms with Crippen molar-refractivity contribution in [3.05, 3.63) is 0 Å². The monoisotopic (exact) mass is 189 g/mol. The molecular weight excluding hydrogens is 166 g/mol. The molecule has 0 aromatic carbocycles. The Morgan fingerprint density at radius 1 is 1.15 bits per heavy atom. The summed E-state index contributed by atoms with van der Waals surface area (Å²) < 4.78 is 0. The van der Waals surface area contributed by atoms with Crippen LogP contribution in [0, 0.1) is 0 Å². The third kappa shape index (κ3) is 24.6. The van der Waals surface area contributed by atoms with Gasteiger partial charge < -0.3 is 5.11 Å². The zero-order valence-electron chi connectivity index (χ0n) is 9.34. The van der Waals surface area contributed by atoms with Gasteiger partial charge in [-0.2, -0.15) is 0 Å². The highest BCUT2D eigenvalue weighted by Gasteiger charge is 1.94. The Bertz CT molecular complexity index is 109. The molecule has 0 fully saturated rings. The highest BCUT2D eigenvalue weighted by atomic mass is 16.4. The van der Waals surface area contributed by atoms with Gasteiger partial charge in [0.05, 0.1) is 6.54 Å². The van der Waals surface area contributed by atoms with Gasteiger partial charge in [-0.1, -0.05) is 39.5 Å². The van der Waals surface area contributed by atoms with Crippen LogP contribution in [-0.4, -0.2) is 36.6 Å². The maximum absolute atomic E-state index is 9.77. The van der Waals surface area contributed by atoms with Crippen LogP contribution >= 0.6 is 0 Å². The van der Waals surface area contributed by atoms with E-state index in [1.165, 1.54) is 25.7 Å². The zero-order valence-corrected chi connectivity index (χ0v) is 9.34. The normalized spacial score (nSPS) is 9.31. The first-order chi connectivity index (χ1) is 6.04. The van der Waals surface area contributed by atoms with E-state index in [1.807, 2.05) is 0 Å². The molecule has 0 unspecified atom stereocenters. The van der Waals surface area contributed by atoms with E-state index in [0.717, 1.165) is 0 Å². The van der Waals surface area contributed by atoms with E-state index >= 15 is 0 Å². The van der Waals surface area contributed by atoms with Crippen LogP contribution in [0.5, 0.6) is 0 Å². The van der Waals surface area contributed by atoms with Crippen molar-refractivity contribution in [3.8, 4) is 0 Å². The van der Waals surface area contributed by atoms with E-state index in [9.17, 15) is 4.79 Å². The molecule has 0 radical (unpaired) electrons. The molecule has 0 aliphatic rings. The van der Waals surface area contributed by atoms with E-state index in [-0.39, 0.29) is 6.54 Å². The van der Waals surface area contributed by atoms with Gasteiger partial charge in [0, 0.05) is 0 Å². The van der Waals surface area contributed by atoms with Crippen molar-refractivity contribution in [1.82, 2.24) is 4.90 Å². The molecule has 0 aliphatic carbocycles. The van der Waals surface area contributed by atoms with Crippen molar-refractivity contribution in [2.75, 3.05) is 20.6 Å². The molecule has 0 rings (SSSR count). The molecule has 1 N–H and O–H groups in total. The average Bonchev–Trinajstić information content (AvgIpc) is 1.99. The molecule has 0 aromatic heterocycles. The first-order valence-electron chi connectivity index (χ1n) is 4.91. The van der Waals surface area contributed by atoms with Crippen LogP contribution in [-0.2, 0) is 4.79 Å². The number of carbonyl (C=O) groups is 1. The summed E-state index contributed by atoms with van der Waals surface area (Å²) in [6.45, 7) is 4.57. The lowest BCUT2D eigenvalue weighted by Crippen LogP contribution is -2.20. The van der Waals surface area contributed by atoms with Gasteiger partial charge in [0.15, 0.2) is 0 Å². The minimum atomic E-state index is -0.787. The third-order valence-corrected chi connectivity index (χ3v) is 1.41. The molecule has 0 aliphatic heterocycles. The van der Waals surface area contributed by atoms with Gasteiger partial charge in [-0.25, -0.2) is 0 Å². The highest BCUT2D eigenvalue weighted by Crippen LogP contribution is 1.95. The molecule has 0 atom stereocenters. The van der Waals surface area contributed by atoms with E-state index < -0.39 is 5.97 Å². The van der Waals surface area contributed by atoms with Crippen molar-refractivity contribution < 1.29 is 9.90 Å². The number of unbranched alkanes of at least 4 members (excludes halogenated alkanes) is 3. The molecule has 0 bridgehead atoms. The first kappa shape index (κ1) is 14.9. The molecular formula is C10H23NO2. The van der Waals surface area contributed by atoms with Gasteiger partial charge in [-0.05, 0) is 14.1 Å². The average molecular weight is 189 g/mol. The van der Waals surface area contributed by atoms with E-state index in [1.54, 1.807) is 19.0 Å². The minimum Gasteiger partial charge on any atom is -0.480 e. The van der Waals surface area contributed by atoms with Crippen molar-refractivity contribution in [2.24, 2.45) is 0 Å². The molecule has 0 saturated heterocycles. The number of aliphatic carboxylic acids is 1. The number of nitrogens with zero attached hydrogens (tertiary/aromatic N) is 1. The lowest BCUT2D eigenvalue weighted by atomic mass is 10.2. The van der Waals surface area contributed by atoms with Crippen molar-refractivity contribution in [1.29, 1.82) is 0 Å². The number of hydrogen-bond acceptors (Lipinski definition) is 2. The smallest absolute Gasteiger partial charge is 0.317 e. The van der Waals surface area contributed by atoms with Gasteiger partial charge in [-0.3, -0.25) is 9.69 Å². The van der Waals surface area contributed by atoms with Crippen molar-refractivity contribution in [3.63, 3.8) is 0 Å². The summed E-state index contributed by atoms with van der Waals surface area (Å²) in [5, 5.41) is 8.04. The third-order valence-electron chi connectivity index (χ3n) is 1.41. The predicted octanol–water partition coefficient (Wildman–Crippen LogP) is 2.22. The molecule has 0 spiro atoms. The summed E-state index contributed by atoms with van der Waals surface area (Å²) in [6.07, 6.45) is 5.54. The van der Waals surface area contributed by atoms with Crippen LogP contribution in [0.4, 0.5) is 0 Å². The van der Waals surface area contributed by atoms with E-state index in [2.05, 4.69) is 13.8 Å². The Hall–Kier alpha value is -0.570. The maximum atomic E-state index is 9.77. The summed E-state index contributed by atoms with van der Waals surface area (Å²) in [5.41, 5.74) is 0. The van der Waals surface area contributed by atoms with Crippen LogP contribution < -0.4 is 0 Å². The van der Waals surface area contributed by atoms with E-state index in [4.69, 9.17) is 5.11 Å². The van der Waals surface area contributed by atoms with E-state index in [0.29, 0.717) is 0 Å². The summed E-state index contributed by atoms with van der Waals surface area (Å²) in [7, 11) is 3.43. The van der Waals surface area contributed by atoms with Crippen molar-refractivity contribution in [2.45, 2.75) is 39.5 Å². The van der Waals surface area contributed by atoms with Crippen LogP contribution in [0.15, 0.2) is 0 Å². The summed E-state index contributed by atoms with van der Waals surface area (Å²) >= 11 is 0. The Morgan fingerprint density at radius 2 is 1.54 bits per heavy atom. The van der Waals surface area contributed by atoms with Gasteiger partial charge in [0.2, 0.25) is 0 Å². The Kier molecular flexibility index (Phi) is 13.1. The SMILES string of the molecule is CCCCCC.CN(C)CC(=O)O. The summed E-state index contributed by atoms with van der Waals surface area (Å²) in [4.78, 5) is 11.4. The quantitative estimate of drug-likeness (QED) is 0.674. The molecule has 3 nitrogen and oxygen atoms in total. The van der Waals surface area contributed by atoms with Crippen LogP contribution in [0.2, 0.25) is 0 Å². The molecule has 13 heavy (non-hydrogen) atoms. The van der Waals surface area contributed by atoms with Gasteiger partial charge in [0.1, 0.15) is 0 Å². The number of hydrogen-bond donors (Lipinski definition) is 1. The lowest BCUT2D eigenvalue weighted by Gasteiger charge is -2.01. The lowest BCUT2D eigenvalue weighted by molar-refractivity contribution is -0.137. The van der Waals surface area contributed by atoms with Gasteiger partial charge >= 0.3 is 5.97 Å². The second-order valence-corrected chi connectivity index (χ2v) is 3.34. The minimum absolute atomic E-state index is 0.111. The fraction of sp³-hybridized carbons (Fsp3) is 0.900. The fourth-order valence-electron chi connectivity index (χ4n) is 0.771. The predicted molar refractivity (Wildman–Crippen MR) is 56.0 cm³/mol.